The third-order valence-electron chi connectivity index (χ3n) is 5.82. The van der Waals surface area contributed by atoms with Gasteiger partial charge in [-0.2, -0.15) is 0 Å². The van der Waals surface area contributed by atoms with Crippen LogP contribution in [0.2, 0.25) is 0 Å². The van der Waals surface area contributed by atoms with Crippen LogP contribution < -0.4 is 6.15 Å². The molecule has 0 bridgehead atoms. The monoisotopic (exact) mass is 419 g/mol. The molecule has 0 amide bonds. The second-order valence-corrected chi connectivity index (χ2v) is 9.57. The molecule has 0 rings (SSSR count). The van der Waals surface area contributed by atoms with E-state index in [0.717, 1.165) is 17.7 Å². The Kier molecular flexibility index (Phi) is 34.6. The molecule has 1 nitrogen and oxygen atoms in total. The van der Waals surface area contributed by atoms with E-state index >= 15 is 0 Å². The lowest BCUT2D eigenvalue weighted by Crippen LogP contribution is -1.95. The van der Waals surface area contributed by atoms with Gasteiger partial charge in [0.25, 0.3) is 0 Å². The number of hydrogen-bond acceptors (Lipinski definition) is 1. The summed E-state index contributed by atoms with van der Waals surface area (Å²) in [5, 5.41) is 0. The second-order valence-electron chi connectivity index (χ2n) is 9.19. The summed E-state index contributed by atoms with van der Waals surface area (Å²) in [5.41, 5.74) is 0. The number of halogens is 1. The molecule has 0 aromatic rings. The Morgan fingerprint density at radius 1 is 0.429 bits per heavy atom. The summed E-state index contributed by atoms with van der Waals surface area (Å²) in [5.74, 6) is 2.55. The lowest BCUT2D eigenvalue weighted by molar-refractivity contribution is 0.457. The van der Waals surface area contributed by atoms with Crippen molar-refractivity contribution >= 4 is 11.6 Å². The Balaban J connectivity index is -0.000000771. The quantitative estimate of drug-likeness (QED) is 0.164. The Bertz CT molecular complexity index is 217. The zero-order valence-corrected chi connectivity index (χ0v) is 21.4. The first-order chi connectivity index (χ1) is 13.1. The van der Waals surface area contributed by atoms with Crippen LogP contribution in [0.15, 0.2) is 0 Å². The molecule has 2 heteroatoms. The smallest absolute Gasteiger partial charge is 0.0223 e. The van der Waals surface area contributed by atoms with Gasteiger partial charge in [-0.15, -0.1) is 11.6 Å². The van der Waals surface area contributed by atoms with Crippen LogP contribution >= 0.6 is 11.6 Å². The molecule has 0 aliphatic carbocycles. The highest BCUT2D eigenvalue weighted by molar-refractivity contribution is 6.17. The van der Waals surface area contributed by atoms with Gasteiger partial charge in [0.2, 0.25) is 0 Å². The second kappa shape index (κ2) is 29.5. The lowest BCUT2D eigenvalue weighted by atomic mass is 10.0. The van der Waals surface area contributed by atoms with Gasteiger partial charge in [0.05, 0.1) is 0 Å². The van der Waals surface area contributed by atoms with Crippen molar-refractivity contribution in [3.63, 3.8) is 0 Å². The molecule has 0 unspecified atom stereocenters. The fraction of sp³-hybridized carbons (Fsp3) is 1.00. The minimum Gasteiger partial charge on any atom is -0.344 e. The average molecular weight is 420 g/mol. The fourth-order valence-electron chi connectivity index (χ4n) is 3.00. The highest BCUT2D eigenvalue weighted by Crippen LogP contribution is 2.14. The summed E-state index contributed by atoms with van der Waals surface area (Å²) in [7, 11) is 0. The van der Waals surface area contributed by atoms with Gasteiger partial charge < -0.3 is 6.15 Å². The maximum absolute atomic E-state index is 5.67. The molecule has 0 aromatic carbocycles. The van der Waals surface area contributed by atoms with Crippen molar-refractivity contribution in [3.05, 3.63) is 0 Å². The van der Waals surface area contributed by atoms with Gasteiger partial charge in [0.15, 0.2) is 0 Å². The third-order valence-corrected chi connectivity index (χ3v) is 6.09. The lowest BCUT2D eigenvalue weighted by Gasteiger charge is -2.05. The van der Waals surface area contributed by atoms with Crippen LogP contribution in [-0.2, 0) is 0 Å². The topological polar surface area (TPSA) is 35.0 Å². The third kappa shape index (κ3) is 33.8. The standard InChI is InChI=1S/C20H41Cl.C6H14.H3N/c1-2-3-4-5-6-7-8-9-10-11-12-13-14-15-16-17-18-19-20-21;1-5(2)6(3)4;/h2-20H2,1H3;5-6H,1-4H3;1H3. The minimum atomic E-state index is 0. The summed E-state index contributed by atoms with van der Waals surface area (Å²) in [6, 6.07) is 0. The molecule has 0 heterocycles. The van der Waals surface area contributed by atoms with Crippen LogP contribution in [0.25, 0.3) is 0 Å². The molecular formula is C26H58ClN. The highest BCUT2D eigenvalue weighted by atomic mass is 35.5. The maximum atomic E-state index is 5.67. The molecular weight excluding hydrogens is 362 g/mol. The van der Waals surface area contributed by atoms with E-state index in [4.69, 9.17) is 11.6 Å². The van der Waals surface area contributed by atoms with E-state index in [1.807, 2.05) is 0 Å². The van der Waals surface area contributed by atoms with Gasteiger partial charge in [0, 0.05) is 5.88 Å². The van der Waals surface area contributed by atoms with E-state index in [1.165, 1.54) is 116 Å². The van der Waals surface area contributed by atoms with E-state index in [-0.39, 0.29) is 6.15 Å². The Labute approximate surface area is 185 Å². The Morgan fingerprint density at radius 3 is 0.821 bits per heavy atom. The van der Waals surface area contributed by atoms with Crippen molar-refractivity contribution in [1.29, 1.82) is 0 Å². The molecule has 0 saturated heterocycles. The molecule has 28 heavy (non-hydrogen) atoms. The van der Waals surface area contributed by atoms with Crippen LogP contribution in [0.1, 0.15) is 150 Å². The SMILES string of the molecule is CC(C)C(C)C.CCCCCCCCCCCCCCCCCCCCCl.N. The zero-order chi connectivity index (χ0) is 20.6. The van der Waals surface area contributed by atoms with Gasteiger partial charge in [-0.1, -0.05) is 144 Å². The summed E-state index contributed by atoms with van der Waals surface area (Å²) < 4.78 is 0. The summed E-state index contributed by atoms with van der Waals surface area (Å²) in [4.78, 5) is 0. The number of alkyl halides is 1. The Morgan fingerprint density at radius 2 is 0.643 bits per heavy atom. The summed E-state index contributed by atoms with van der Waals surface area (Å²) in [6.45, 7) is 11.3. The van der Waals surface area contributed by atoms with Crippen molar-refractivity contribution in [1.82, 2.24) is 6.15 Å². The van der Waals surface area contributed by atoms with Gasteiger partial charge >= 0.3 is 0 Å². The molecule has 0 radical (unpaired) electrons. The number of unbranched alkanes of at least 4 members (excludes halogenated alkanes) is 17. The van der Waals surface area contributed by atoms with E-state index in [2.05, 4.69) is 34.6 Å². The highest BCUT2D eigenvalue weighted by Gasteiger charge is 1.96. The van der Waals surface area contributed by atoms with Gasteiger partial charge in [-0.3, -0.25) is 0 Å². The predicted octanol–water partition coefficient (Wildman–Crippen LogP) is 10.7. The summed E-state index contributed by atoms with van der Waals surface area (Å²) >= 11 is 5.67. The molecule has 0 aromatic heterocycles. The first kappa shape index (κ1) is 32.9. The zero-order valence-electron chi connectivity index (χ0n) is 20.7. The van der Waals surface area contributed by atoms with Gasteiger partial charge in [-0.05, 0) is 18.3 Å². The fourth-order valence-corrected chi connectivity index (χ4v) is 3.19. The first-order valence-corrected chi connectivity index (χ1v) is 13.2. The van der Waals surface area contributed by atoms with E-state index < -0.39 is 0 Å². The van der Waals surface area contributed by atoms with Crippen molar-refractivity contribution in [3.8, 4) is 0 Å². The number of rotatable bonds is 19. The van der Waals surface area contributed by atoms with Gasteiger partial charge in [0.1, 0.15) is 0 Å². The largest absolute Gasteiger partial charge is 0.344 e. The van der Waals surface area contributed by atoms with Crippen molar-refractivity contribution in [2.24, 2.45) is 11.8 Å². The van der Waals surface area contributed by atoms with E-state index in [1.54, 1.807) is 0 Å². The first-order valence-electron chi connectivity index (χ1n) is 12.6. The van der Waals surface area contributed by atoms with E-state index in [0.29, 0.717) is 0 Å². The molecule has 0 aliphatic rings. The molecule has 174 valence electrons. The van der Waals surface area contributed by atoms with Crippen LogP contribution in [0, 0.1) is 11.8 Å². The molecule has 0 saturated carbocycles. The predicted molar refractivity (Wildman–Crippen MR) is 134 cm³/mol. The molecule has 0 atom stereocenters. The molecule has 3 N–H and O–H groups in total. The molecule has 0 fully saturated rings. The van der Waals surface area contributed by atoms with Crippen LogP contribution in [0.5, 0.6) is 0 Å². The van der Waals surface area contributed by atoms with Crippen LogP contribution in [0.3, 0.4) is 0 Å². The van der Waals surface area contributed by atoms with Crippen molar-refractivity contribution < 1.29 is 0 Å². The molecule has 0 aliphatic heterocycles. The maximum Gasteiger partial charge on any atom is 0.0223 e. The normalized spacial score (nSPS) is 10.7. The van der Waals surface area contributed by atoms with Gasteiger partial charge in [-0.25, -0.2) is 0 Å². The average Bonchev–Trinajstić information content (AvgIpc) is 2.64. The number of hydrogen-bond donors (Lipinski definition) is 1. The van der Waals surface area contributed by atoms with Crippen LogP contribution in [0.4, 0.5) is 0 Å². The summed E-state index contributed by atoms with van der Waals surface area (Å²) in [6.07, 6.45) is 25.8. The molecule has 0 spiro atoms. The van der Waals surface area contributed by atoms with Crippen molar-refractivity contribution in [2.45, 2.75) is 150 Å². The van der Waals surface area contributed by atoms with E-state index in [9.17, 15) is 0 Å². The van der Waals surface area contributed by atoms with Crippen LogP contribution in [-0.4, -0.2) is 5.88 Å². The Hall–Kier alpha value is 0.250. The van der Waals surface area contributed by atoms with Crippen molar-refractivity contribution in [2.75, 3.05) is 5.88 Å². The minimum absolute atomic E-state index is 0.